The number of H-pyrrole nitrogens is 1. The number of phosphoric ester groups is 1. The van der Waals surface area contributed by atoms with Crippen LogP contribution in [0.1, 0.15) is 25.3 Å². The number of nitrogens with two attached hydrogens (primary N) is 2. The second kappa shape index (κ2) is 10.6. The van der Waals surface area contributed by atoms with Crippen molar-refractivity contribution in [1.82, 2.24) is 39.0 Å². The summed E-state index contributed by atoms with van der Waals surface area (Å²) in [4.78, 5) is 56.7. The van der Waals surface area contributed by atoms with Crippen LogP contribution in [0.5, 0.6) is 0 Å². The summed E-state index contributed by atoms with van der Waals surface area (Å²) in [6.07, 6.45) is -1.44. The van der Waals surface area contributed by atoms with Crippen molar-refractivity contribution in [2.24, 2.45) is 0 Å². The Morgan fingerprint density at radius 3 is 2.23 bits per heavy atom. The zero-order valence-electron chi connectivity index (χ0n) is 21.8. The number of fused-ring (bicyclic) bond motifs is 4. The summed E-state index contributed by atoms with van der Waals surface area (Å²) >= 11 is 5.28. The molecule has 0 saturated carbocycles. The molecular weight excluding hydrogens is 634 g/mol. The first kappa shape index (κ1) is 28.8. The van der Waals surface area contributed by atoms with E-state index in [4.69, 9.17) is 50.8 Å². The van der Waals surface area contributed by atoms with Gasteiger partial charge >= 0.3 is 14.5 Å². The van der Waals surface area contributed by atoms with Gasteiger partial charge in [0.2, 0.25) is 5.95 Å². The van der Waals surface area contributed by atoms with Crippen molar-refractivity contribution in [3.05, 3.63) is 29.3 Å². The molecule has 230 valence electrons. The largest absolute Gasteiger partial charge is 0.472 e. The Hall–Kier alpha value is -2.94. The van der Waals surface area contributed by atoms with E-state index in [-0.39, 0.29) is 42.4 Å². The SMILES string of the molecule is Nc1nc2c(ncn2[C@H]2C[C@@H]3OP(O)(=S)OC[C@H]4O[C@@H](n5cnc6c(N)ncnc65)C[C@@H]4OP(=O)(O)OC[C@H]3O2)c(=O)[nH]1. The average Bonchev–Trinajstić information content (AvgIpc) is 3.71. The van der Waals surface area contributed by atoms with E-state index < -0.39 is 63.6 Å². The van der Waals surface area contributed by atoms with Crippen LogP contribution in [-0.2, 0) is 43.9 Å². The van der Waals surface area contributed by atoms with Gasteiger partial charge in [0.1, 0.15) is 42.6 Å². The van der Waals surface area contributed by atoms with Crippen LogP contribution in [0.25, 0.3) is 22.3 Å². The second-order valence-electron chi connectivity index (χ2n) is 9.90. The molecule has 4 aromatic rings. The smallest absolute Gasteiger partial charge is 0.382 e. The first-order chi connectivity index (χ1) is 20.5. The molecule has 8 atom stereocenters. The van der Waals surface area contributed by atoms with Gasteiger partial charge in [0.25, 0.3) is 5.56 Å². The molecule has 3 saturated heterocycles. The third-order valence-electron chi connectivity index (χ3n) is 7.16. The Balaban J connectivity index is 1.13. The molecule has 43 heavy (non-hydrogen) atoms. The summed E-state index contributed by atoms with van der Waals surface area (Å²) in [5, 5.41) is 0. The van der Waals surface area contributed by atoms with Crippen molar-refractivity contribution in [3.8, 4) is 0 Å². The fourth-order valence-electron chi connectivity index (χ4n) is 5.24. The molecule has 3 fully saturated rings. The van der Waals surface area contributed by atoms with Gasteiger partial charge in [0.05, 0.1) is 32.0 Å². The molecule has 0 aromatic carbocycles. The van der Waals surface area contributed by atoms with Crippen molar-refractivity contribution in [2.75, 3.05) is 24.7 Å². The first-order valence-corrected chi connectivity index (χ1v) is 16.8. The van der Waals surface area contributed by atoms with Crippen LogP contribution in [0.2, 0.25) is 0 Å². The van der Waals surface area contributed by atoms with Crippen molar-refractivity contribution in [3.63, 3.8) is 0 Å². The van der Waals surface area contributed by atoms with E-state index in [0.29, 0.717) is 11.2 Å². The second-order valence-corrected chi connectivity index (χ2v) is 14.1. The summed E-state index contributed by atoms with van der Waals surface area (Å²) < 4.78 is 50.4. The van der Waals surface area contributed by atoms with Crippen molar-refractivity contribution in [1.29, 1.82) is 0 Å². The van der Waals surface area contributed by atoms with Crippen LogP contribution >= 0.6 is 14.5 Å². The minimum atomic E-state index is -4.70. The van der Waals surface area contributed by atoms with Gasteiger partial charge < -0.3 is 39.8 Å². The highest BCUT2D eigenvalue weighted by Gasteiger charge is 2.47. The summed E-state index contributed by atoms with van der Waals surface area (Å²) in [6.45, 7) is -4.76. The van der Waals surface area contributed by atoms with E-state index >= 15 is 0 Å². The molecular formula is C20H24N10O10P2S. The topological polar surface area (TPSA) is 272 Å². The van der Waals surface area contributed by atoms with Crippen LogP contribution < -0.4 is 17.0 Å². The fraction of sp³-hybridized carbons (Fsp3) is 0.500. The van der Waals surface area contributed by atoms with Crippen LogP contribution in [0.15, 0.2) is 23.8 Å². The monoisotopic (exact) mass is 658 g/mol. The Labute approximate surface area is 245 Å². The number of hydrogen-bond acceptors (Lipinski definition) is 16. The maximum absolute atomic E-state index is 13.1. The van der Waals surface area contributed by atoms with E-state index in [9.17, 15) is 19.1 Å². The lowest BCUT2D eigenvalue weighted by Crippen LogP contribution is -2.32. The number of aromatic amines is 1. The number of nitrogens with one attached hydrogen (secondary N) is 1. The van der Waals surface area contributed by atoms with E-state index in [1.54, 1.807) is 4.57 Å². The molecule has 3 aliphatic heterocycles. The molecule has 2 unspecified atom stereocenters. The first-order valence-electron chi connectivity index (χ1n) is 12.7. The Morgan fingerprint density at radius 1 is 0.884 bits per heavy atom. The number of phosphoric acid groups is 1. The van der Waals surface area contributed by atoms with Gasteiger partial charge in [-0.05, 0) is 11.8 Å². The highest BCUT2D eigenvalue weighted by molar-refractivity contribution is 8.07. The van der Waals surface area contributed by atoms with E-state index in [1.165, 1.54) is 23.5 Å². The van der Waals surface area contributed by atoms with Crippen LogP contribution in [0, 0.1) is 0 Å². The van der Waals surface area contributed by atoms with Crippen LogP contribution in [-0.4, -0.2) is 86.5 Å². The molecule has 7 heterocycles. The van der Waals surface area contributed by atoms with Crippen LogP contribution in [0.3, 0.4) is 0 Å². The number of aromatic nitrogens is 8. The quantitative estimate of drug-likeness (QED) is 0.175. The Kier molecular flexibility index (Phi) is 7.10. The number of ether oxygens (including phenoxy) is 2. The molecule has 3 aliphatic rings. The van der Waals surface area contributed by atoms with Crippen molar-refractivity contribution in [2.45, 2.75) is 49.7 Å². The van der Waals surface area contributed by atoms with Gasteiger partial charge in [0, 0.05) is 12.8 Å². The zero-order valence-corrected chi connectivity index (χ0v) is 24.4. The molecule has 20 nitrogen and oxygen atoms in total. The van der Waals surface area contributed by atoms with Gasteiger partial charge in [-0.3, -0.25) is 28.0 Å². The van der Waals surface area contributed by atoms with Crippen LogP contribution in [0.4, 0.5) is 11.8 Å². The zero-order chi connectivity index (χ0) is 30.1. The normalized spacial score (nSPS) is 35.4. The molecule has 23 heteroatoms. The lowest BCUT2D eigenvalue weighted by Gasteiger charge is -2.28. The highest BCUT2D eigenvalue weighted by Crippen LogP contribution is 2.53. The summed E-state index contributed by atoms with van der Waals surface area (Å²) in [7, 11) is -4.70. The van der Waals surface area contributed by atoms with E-state index in [2.05, 4.69) is 29.9 Å². The average molecular weight is 658 g/mol. The minimum absolute atomic E-state index is 0.0224. The number of nitrogen functional groups attached to an aromatic ring is 2. The number of rotatable bonds is 2. The van der Waals surface area contributed by atoms with Gasteiger partial charge in [-0.1, -0.05) is 0 Å². The molecule has 7 rings (SSSR count). The van der Waals surface area contributed by atoms with E-state index in [1.807, 2.05) is 0 Å². The maximum atomic E-state index is 13.1. The third kappa shape index (κ3) is 5.47. The maximum Gasteiger partial charge on any atom is 0.472 e. The molecule has 0 radical (unpaired) electrons. The minimum Gasteiger partial charge on any atom is -0.382 e. The Morgan fingerprint density at radius 2 is 1.51 bits per heavy atom. The molecule has 0 aliphatic carbocycles. The number of hydrogen-bond donors (Lipinski definition) is 5. The standard InChI is InChI=1S/C20H24N10O10P2S/c21-16-14-17(24-5-23-16)29(6-25-14)12-1-8-11(38-12)4-36-42(34,43)40-9-2-13(37-10(9)3-35-41(32,33)39-8)30-7-26-15-18(30)27-20(22)28-19(15)31/h5-13H,1-4H2,(H,32,33)(H,34,43)(H2,21,23,24)(H3,22,27,28,31)/t8-,9-,10+,11+,12+,13+,42?/m0/s1. The van der Waals surface area contributed by atoms with Gasteiger partial charge in [-0.15, -0.1) is 0 Å². The predicted octanol–water partition coefficient (Wildman–Crippen LogP) is -0.167. The predicted molar refractivity (Wildman–Crippen MR) is 147 cm³/mol. The van der Waals surface area contributed by atoms with Crippen molar-refractivity contribution < 1.29 is 41.9 Å². The van der Waals surface area contributed by atoms with Gasteiger partial charge in [-0.2, -0.15) is 4.98 Å². The number of nitrogens with zero attached hydrogens (tertiary/aromatic N) is 7. The van der Waals surface area contributed by atoms with Gasteiger partial charge in [-0.25, -0.2) is 24.5 Å². The van der Waals surface area contributed by atoms with Crippen molar-refractivity contribution >= 4 is 60.4 Å². The summed E-state index contributed by atoms with van der Waals surface area (Å²) in [5.41, 5.74) is 11.9. The summed E-state index contributed by atoms with van der Waals surface area (Å²) in [6, 6.07) is 0. The molecule has 0 amide bonds. The summed E-state index contributed by atoms with van der Waals surface area (Å²) in [5.74, 6) is 0.0408. The third-order valence-corrected chi connectivity index (χ3v) is 9.76. The lowest BCUT2D eigenvalue weighted by atomic mass is 10.2. The molecule has 0 spiro atoms. The van der Waals surface area contributed by atoms with E-state index in [0.717, 1.165) is 0 Å². The Bertz CT molecular complexity index is 1870. The van der Waals surface area contributed by atoms with Gasteiger partial charge in [0.15, 0.2) is 22.6 Å². The lowest BCUT2D eigenvalue weighted by molar-refractivity contribution is -0.0621. The fourth-order valence-corrected chi connectivity index (χ4v) is 7.67. The highest BCUT2D eigenvalue weighted by atomic mass is 32.5. The molecule has 0 bridgehead atoms. The number of imidazole rings is 2. The molecule has 7 N–H and O–H groups in total. The number of anilines is 2. The molecule has 4 aromatic heterocycles.